The fraction of sp³-hybridized carbons (Fsp3) is 0. The van der Waals surface area contributed by atoms with Crippen molar-refractivity contribution in [3.8, 4) is 0 Å². The minimum atomic E-state index is 0.791. The molecular weight excluding hydrogens is 222 g/mol. The highest BCUT2D eigenvalue weighted by Gasteiger charge is 1.91. The van der Waals surface area contributed by atoms with Crippen LogP contribution in [0.1, 0.15) is 0 Å². The lowest BCUT2D eigenvalue weighted by Crippen LogP contribution is -1.76. The van der Waals surface area contributed by atoms with Crippen molar-refractivity contribution in [2.45, 2.75) is 0 Å². The van der Waals surface area contributed by atoms with Crippen LogP contribution in [-0.4, -0.2) is 0 Å². The van der Waals surface area contributed by atoms with E-state index in [4.69, 9.17) is 11.8 Å². The summed E-state index contributed by atoms with van der Waals surface area (Å²) in [5.41, 5.74) is 2.46. The molecule has 16 heavy (non-hydrogen) atoms. The first kappa shape index (κ1) is 10.6. The maximum Gasteiger partial charge on any atom is 0.0858 e. The van der Waals surface area contributed by atoms with Gasteiger partial charge in [0, 0.05) is 17.5 Å². The highest BCUT2D eigenvalue weighted by Crippen LogP contribution is 2.20. The number of halogens is 1. The van der Waals surface area contributed by atoms with Gasteiger partial charge in [0.15, 0.2) is 0 Å². The summed E-state index contributed by atoms with van der Waals surface area (Å²) in [5.74, 6) is 0. The highest BCUT2D eigenvalue weighted by atomic mass is 35.5. The van der Waals surface area contributed by atoms with E-state index in [-0.39, 0.29) is 0 Å². The van der Waals surface area contributed by atoms with Crippen LogP contribution in [0.15, 0.2) is 64.8 Å². The first-order valence-corrected chi connectivity index (χ1v) is 5.20. The fourth-order valence-electron chi connectivity index (χ4n) is 1.20. The first-order valence-electron chi connectivity index (χ1n) is 4.82. The smallest absolute Gasteiger partial charge is 0.0858 e. The summed E-state index contributed by atoms with van der Waals surface area (Å²) in [5, 5.41) is 8.21. The van der Waals surface area contributed by atoms with Crippen molar-refractivity contribution in [2.75, 3.05) is 4.84 Å². The Kier molecular flexibility index (Phi) is 3.51. The molecule has 0 saturated heterocycles. The van der Waals surface area contributed by atoms with E-state index in [0.29, 0.717) is 0 Å². The number of rotatable bonds is 3. The van der Waals surface area contributed by atoms with Crippen LogP contribution in [0.25, 0.3) is 0 Å². The van der Waals surface area contributed by atoms with E-state index in [1.807, 2.05) is 54.6 Å². The van der Waals surface area contributed by atoms with E-state index < -0.39 is 0 Å². The van der Waals surface area contributed by atoms with Crippen molar-refractivity contribution in [2.24, 2.45) is 10.2 Å². The molecule has 0 unspecified atom stereocenters. The van der Waals surface area contributed by atoms with Gasteiger partial charge in [-0.2, -0.15) is 10.2 Å². The zero-order valence-corrected chi connectivity index (χ0v) is 9.22. The number of benzene rings is 2. The summed E-state index contributed by atoms with van der Waals surface area (Å²) in [4.78, 5) is 2.53. The van der Waals surface area contributed by atoms with Crippen molar-refractivity contribution in [3.63, 3.8) is 0 Å². The van der Waals surface area contributed by atoms with Gasteiger partial charge in [-0.3, -0.25) is 4.84 Å². The first-order chi connectivity index (χ1) is 7.88. The van der Waals surface area contributed by atoms with Crippen LogP contribution in [0.4, 0.5) is 17.1 Å². The molecule has 0 bridgehead atoms. The molecule has 2 rings (SSSR count). The zero-order chi connectivity index (χ0) is 11.2. The highest BCUT2D eigenvalue weighted by molar-refractivity contribution is 6.23. The lowest BCUT2D eigenvalue weighted by molar-refractivity contribution is 1.23. The van der Waals surface area contributed by atoms with Gasteiger partial charge in [0.1, 0.15) is 0 Å². The third-order valence-electron chi connectivity index (χ3n) is 2.01. The van der Waals surface area contributed by atoms with Crippen LogP contribution in [0, 0.1) is 0 Å². The standard InChI is InChI=1S/C12H10ClN3/c13-14-10-6-8-12(9-7-10)16-15-11-4-2-1-3-5-11/h1-9,14H. The second-order valence-corrected chi connectivity index (χ2v) is 3.37. The molecule has 0 aromatic heterocycles. The maximum absolute atomic E-state index is 5.45. The third kappa shape index (κ3) is 2.81. The van der Waals surface area contributed by atoms with Gasteiger partial charge in [0.05, 0.1) is 11.4 Å². The molecule has 0 amide bonds. The molecule has 1 N–H and O–H groups in total. The maximum atomic E-state index is 5.45. The van der Waals surface area contributed by atoms with E-state index in [1.54, 1.807) is 0 Å². The minimum absolute atomic E-state index is 0.791. The monoisotopic (exact) mass is 231 g/mol. The lowest BCUT2D eigenvalue weighted by atomic mass is 10.3. The predicted octanol–water partition coefficient (Wildman–Crippen LogP) is 4.67. The van der Waals surface area contributed by atoms with Gasteiger partial charge in [0.25, 0.3) is 0 Å². The van der Waals surface area contributed by atoms with E-state index in [0.717, 1.165) is 17.1 Å². The molecule has 4 heteroatoms. The van der Waals surface area contributed by atoms with Crippen LogP contribution < -0.4 is 4.84 Å². The normalized spacial score (nSPS) is 10.6. The summed E-state index contributed by atoms with van der Waals surface area (Å²) in [6.45, 7) is 0. The number of hydrogen-bond donors (Lipinski definition) is 1. The van der Waals surface area contributed by atoms with Crippen molar-refractivity contribution in [1.82, 2.24) is 0 Å². The van der Waals surface area contributed by atoms with Gasteiger partial charge in [-0.15, -0.1) is 0 Å². The molecule has 0 aliphatic heterocycles. The largest absolute Gasteiger partial charge is 0.299 e. The molecule has 0 heterocycles. The van der Waals surface area contributed by atoms with Crippen molar-refractivity contribution >= 4 is 28.8 Å². The zero-order valence-electron chi connectivity index (χ0n) is 8.47. The summed E-state index contributed by atoms with van der Waals surface area (Å²) in [7, 11) is 0. The number of hydrogen-bond acceptors (Lipinski definition) is 3. The van der Waals surface area contributed by atoms with E-state index in [9.17, 15) is 0 Å². The van der Waals surface area contributed by atoms with Crippen LogP contribution in [-0.2, 0) is 0 Å². The van der Waals surface area contributed by atoms with Gasteiger partial charge in [-0.25, -0.2) is 0 Å². The molecule has 3 nitrogen and oxygen atoms in total. The van der Waals surface area contributed by atoms with Gasteiger partial charge in [-0.1, -0.05) is 18.2 Å². The average Bonchev–Trinajstić information content (AvgIpc) is 2.38. The van der Waals surface area contributed by atoms with Gasteiger partial charge < -0.3 is 0 Å². The van der Waals surface area contributed by atoms with Crippen LogP contribution >= 0.6 is 11.8 Å². The molecule has 0 aliphatic carbocycles. The Hall–Kier alpha value is -1.87. The van der Waals surface area contributed by atoms with Crippen LogP contribution in [0.2, 0.25) is 0 Å². The molecule has 0 radical (unpaired) electrons. The summed E-state index contributed by atoms with van der Waals surface area (Å²) in [6.07, 6.45) is 0. The molecule has 0 fully saturated rings. The molecule has 80 valence electrons. The van der Waals surface area contributed by atoms with Gasteiger partial charge in [-0.05, 0) is 36.4 Å². The van der Waals surface area contributed by atoms with Crippen molar-refractivity contribution in [1.29, 1.82) is 0 Å². The molecule has 0 atom stereocenters. The van der Waals surface area contributed by atoms with Crippen molar-refractivity contribution in [3.05, 3.63) is 54.6 Å². The van der Waals surface area contributed by atoms with Crippen LogP contribution in [0.5, 0.6) is 0 Å². The Balaban J connectivity index is 2.12. The van der Waals surface area contributed by atoms with Crippen molar-refractivity contribution < 1.29 is 0 Å². The number of azo groups is 1. The Bertz CT molecular complexity index is 465. The summed E-state index contributed by atoms with van der Waals surface area (Å²) < 4.78 is 0. The Morgan fingerprint density at radius 2 is 1.31 bits per heavy atom. The lowest BCUT2D eigenvalue weighted by Gasteiger charge is -1.96. The molecule has 0 aliphatic rings. The van der Waals surface area contributed by atoms with Crippen LogP contribution in [0.3, 0.4) is 0 Å². The molecule has 0 saturated carbocycles. The van der Waals surface area contributed by atoms with E-state index >= 15 is 0 Å². The Labute approximate surface area is 98.9 Å². The molecule has 2 aromatic carbocycles. The summed E-state index contributed by atoms with van der Waals surface area (Å²) in [6, 6.07) is 17.0. The van der Waals surface area contributed by atoms with Gasteiger partial charge >= 0.3 is 0 Å². The number of anilines is 1. The minimum Gasteiger partial charge on any atom is -0.299 e. The number of nitrogens with one attached hydrogen (secondary N) is 1. The second kappa shape index (κ2) is 5.28. The molecule has 2 aromatic rings. The topological polar surface area (TPSA) is 36.8 Å². The SMILES string of the molecule is ClNc1ccc(N=Nc2ccccc2)cc1. The molecule has 0 spiro atoms. The second-order valence-electron chi connectivity index (χ2n) is 3.18. The third-order valence-corrected chi connectivity index (χ3v) is 2.23. The van der Waals surface area contributed by atoms with E-state index in [1.165, 1.54) is 0 Å². The van der Waals surface area contributed by atoms with E-state index in [2.05, 4.69) is 15.1 Å². The average molecular weight is 232 g/mol. The predicted molar refractivity (Wildman–Crippen MR) is 66.5 cm³/mol. The Morgan fingerprint density at radius 3 is 1.88 bits per heavy atom. The summed E-state index contributed by atoms with van der Waals surface area (Å²) >= 11 is 5.45. The van der Waals surface area contributed by atoms with Gasteiger partial charge in [0.2, 0.25) is 0 Å². The Morgan fingerprint density at radius 1 is 0.750 bits per heavy atom. The molecular formula is C12H10ClN3. The quantitative estimate of drug-likeness (QED) is 0.605. The number of nitrogens with zero attached hydrogens (tertiary/aromatic N) is 2. The fourth-order valence-corrected chi connectivity index (χ4v) is 1.33.